The van der Waals surface area contributed by atoms with Crippen LogP contribution in [-0.2, 0) is 4.79 Å². The number of hydrogen-bond donors (Lipinski definition) is 2. The van der Waals surface area contributed by atoms with Crippen molar-refractivity contribution in [3.8, 4) is 6.07 Å². The van der Waals surface area contributed by atoms with E-state index in [0.29, 0.717) is 0 Å². The topological polar surface area (TPSA) is 64.9 Å². The molecular formula is C24H35N3O. The Morgan fingerprint density at radius 3 is 1.93 bits per heavy atom. The number of carbonyl (C=O) groups is 1. The Labute approximate surface area is 170 Å². The first kappa shape index (κ1) is 22.0. The molecule has 152 valence electrons. The molecule has 0 heterocycles. The highest BCUT2D eigenvalue weighted by molar-refractivity contribution is 5.97. The van der Waals surface area contributed by atoms with Gasteiger partial charge >= 0.3 is 0 Å². The Bertz CT molecular complexity index is 670. The van der Waals surface area contributed by atoms with Crippen molar-refractivity contribution in [1.82, 2.24) is 5.32 Å². The van der Waals surface area contributed by atoms with Gasteiger partial charge < -0.3 is 10.6 Å². The summed E-state index contributed by atoms with van der Waals surface area (Å²) in [6.07, 6.45) is 14.9. The lowest BCUT2D eigenvalue weighted by atomic mass is 9.98. The summed E-state index contributed by atoms with van der Waals surface area (Å²) in [5.74, 6) is -0.267. The average molecular weight is 382 g/mol. The van der Waals surface area contributed by atoms with E-state index in [0.717, 1.165) is 42.5 Å². The Balaban J connectivity index is 1.94. The predicted octanol–water partition coefficient (Wildman–Crippen LogP) is 5.91. The number of anilines is 1. The van der Waals surface area contributed by atoms with Gasteiger partial charge in [0.05, 0.1) is 0 Å². The van der Waals surface area contributed by atoms with E-state index in [1.165, 1.54) is 51.1 Å². The molecule has 1 aromatic carbocycles. The van der Waals surface area contributed by atoms with Crippen LogP contribution in [0.15, 0.2) is 30.0 Å². The monoisotopic (exact) mass is 381 g/mol. The van der Waals surface area contributed by atoms with Crippen LogP contribution >= 0.6 is 0 Å². The first-order valence-corrected chi connectivity index (χ1v) is 10.8. The first-order chi connectivity index (χ1) is 13.6. The Morgan fingerprint density at radius 2 is 1.43 bits per heavy atom. The standard InChI is InChI=1S/C24H35N3O/c1-19-14-20(2)16-23(15-19)26-18-21(17-25)24(28)27-22-12-10-8-6-4-3-5-7-9-11-13-22/h14-16,18,22,26H,3-13H2,1-2H3,(H,27,28)/b21-18-. The molecule has 1 aliphatic carbocycles. The summed E-state index contributed by atoms with van der Waals surface area (Å²) in [5, 5.41) is 15.7. The maximum atomic E-state index is 12.6. The van der Waals surface area contributed by atoms with Crippen molar-refractivity contribution >= 4 is 11.6 Å². The van der Waals surface area contributed by atoms with Crippen LogP contribution in [0.25, 0.3) is 0 Å². The second-order valence-electron chi connectivity index (χ2n) is 8.12. The summed E-state index contributed by atoms with van der Waals surface area (Å²) in [6, 6.07) is 8.32. The second-order valence-corrected chi connectivity index (χ2v) is 8.12. The molecule has 0 aromatic heterocycles. The summed E-state index contributed by atoms with van der Waals surface area (Å²) in [7, 11) is 0. The van der Waals surface area contributed by atoms with Crippen LogP contribution in [0.1, 0.15) is 81.8 Å². The number of nitrogens with zero attached hydrogens (tertiary/aromatic N) is 1. The predicted molar refractivity (Wildman–Crippen MR) is 116 cm³/mol. The maximum Gasteiger partial charge on any atom is 0.263 e. The summed E-state index contributed by atoms with van der Waals surface area (Å²) in [5.41, 5.74) is 3.31. The van der Waals surface area contributed by atoms with Crippen molar-refractivity contribution in [3.05, 3.63) is 41.1 Å². The molecule has 1 amide bonds. The molecule has 0 radical (unpaired) electrons. The average Bonchev–Trinajstić information content (AvgIpc) is 2.63. The summed E-state index contributed by atoms with van der Waals surface area (Å²) in [4.78, 5) is 12.6. The molecule has 4 nitrogen and oxygen atoms in total. The van der Waals surface area contributed by atoms with Gasteiger partial charge in [0.2, 0.25) is 0 Å². The van der Waals surface area contributed by atoms with E-state index < -0.39 is 0 Å². The van der Waals surface area contributed by atoms with E-state index in [4.69, 9.17) is 0 Å². The molecule has 0 spiro atoms. The van der Waals surface area contributed by atoms with E-state index in [1.54, 1.807) is 0 Å². The molecule has 1 aromatic rings. The molecular weight excluding hydrogens is 346 g/mol. The van der Waals surface area contributed by atoms with Crippen LogP contribution in [0.5, 0.6) is 0 Å². The highest BCUT2D eigenvalue weighted by Gasteiger charge is 2.16. The van der Waals surface area contributed by atoms with Gasteiger partial charge in [-0.25, -0.2) is 0 Å². The fraction of sp³-hybridized carbons (Fsp3) is 0.583. The maximum absolute atomic E-state index is 12.6. The molecule has 0 saturated heterocycles. The van der Waals surface area contributed by atoms with Crippen LogP contribution in [0.2, 0.25) is 0 Å². The van der Waals surface area contributed by atoms with Crippen molar-refractivity contribution in [2.75, 3.05) is 5.32 Å². The number of aryl methyl sites for hydroxylation is 2. The van der Waals surface area contributed by atoms with Crippen molar-refractivity contribution in [1.29, 1.82) is 5.26 Å². The van der Waals surface area contributed by atoms with Gasteiger partial charge in [0.1, 0.15) is 11.6 Å². The highest BCUT2D eigenvalue weighted by Crippen LogP contribution is 2.18. The van der Waals surface area contributed by atoms with Crippen molar-refractivity contribution in [2.45, 2.75) is 90.5 Å². The Morgan fingerprint density at radius 1 is 0.929 bits per heavy atom. The van der Waals surface area contributed by atoms with Gasteiger partial charge in [0.25, 0.3) is 5.91 Å². The molecule has 0 unspecified atom stereocenters. The van der Waals surface area contributed by atoms with Crippen molar-refractivity contribution in [2.24, 2.45) is 0 Å². The van der Waals surface area contributed by atoms with Crippen LogP contribution in [0.4, 0.5) is 5.69 Å². The molecule has 1 aliphatic rings. The number of carbonyl (C=O) groups excluding carboxylic acids is 1. The van der Waals surface area contributed by atoms with E-state index in [-0.39, 0.29) is 17.5 Å². The number of nitrogens with one attached hydrogen (secondary N) is 2. The van der Waals surface area contributed by atoms with E-state index >= 15 is 0 Å². The molecule has 0 atom stereocenters. The minimum absolute atomic E-state index is 0.130. The van der Waals surface area contributed by atoms with Gasteiger partial charge in [-0.1, -0.05) is 63.9 Å². The summed E-state index contributed by atoms with van der Waals surface area (Å²) in [6.45, 7) is 4.06. The van der Waals surface area contributed by atoms with Gasteiger partial charge in [-0.3, -0.25) is 4.79 Å². The quantitative estimate of drug-likeness (QED) is 0.503. The number of benzene rings is 1. The molecule has 1 fully saturated rings. The minimum atomic E-state index is -0.267. The van der Waals surface area contributed by atoms with Crippen LogP contribution in [0.3, 0.4) is 0 Å². The van der Waals surface area contributed by atoms with Gasteiger partial charge in [-0.2, -0.15) is 5.26 Å². The lowest BCUT2D eigenvalue weighted by molar-refractivity contribution is -0.117. The molecule has 2 N–H and O–H groups in total. The fourth-order valence-corrected chi connectivity index (χ4v) is 3.93. The highest BCUT2D eigenvalue weighted by atomic mass is 16.1. The molecule has 0 bridgehead atoms. The van der Waals surface area contributed by atoms with Crippen molar-refractivity contribution < 1.29 is 4.79 Å². The van der Waals surface area contributed by atoms with Gasteiger partial charge in [0, 0.05) is 17.9 Å². The molecule has 4 heteroatoms. The second kappa shape index (κ2) is 12.2. The number of nitriles is 1. The van der Waals surface area contributed by atoms with E-state index in [9.17, 15) is 10.1 Å². The van der Waals surface area contributed by atoms with Crippen LogP contribution in [-0.4, -0.2) is 11.9 Å². The Hall–Kier alpha value is -2.28. The van der Waals surface area contributed by atoms with Gasteiger partial charge in [-0.05, 0) is 49.9 Å². The molecule has 0 aliphatic heterocycles. The number of amides is 1. The zero-order valence-electron chi connectivity index (χ0n) is 17.5. The third-order valence-corrected chi connectivity index (χ3v) is 5.41. The first-order valence-electron chi connectivity index (χ1n) is 10.8. The Kier molecular flexibility index (Phi) is 9.62. The molecule has 28 heavy (non-hydrogen) atoms. The number of rotatable bonds is 4. The summed E-state index contributed by atoms with van der Waals surface area (Å²) >= 11 is 0. The third-order valence-electron chi connectivity index (χ3n) is 5.41. The lowest BCUT2D eigenvalue weighted by Crippen LogP contribution is -2.35. The normalized spacial score (nSPS) is 17.7. The lowest BCUT2D eigenvalue weighted by Gasteiger charge is -2.19. The fourth-order valence-electron chi connectivity index (χ4n) is 3.93. The third kappa shape index (κ3) is 8.17. The largest absolute Gasteiger partial charge is 0.360 e. The van der Waals surface area contributed by atoms with Crippen molar-refractivity contribution in [3.63, 3.8) is 0 Å². The smallest absolute Gasteiger partial charge is 0.263 e. The van der Waals surface area contributed by atoms with E-state index in [1.807, 2.05) is 32.0 Å². The molecule has 1 saturated carbocycles. The zero-order chi connectivity index (χ0) is 20.2. The SMILES string of the molecule is Cc1cc(C)cc(N/C=C(/C#N)C(=O)NC2CCCCCCCCCCC2)c1. The van der Waals surface area contributed by atoms with Crippen LogP contribution in [0, 0.1) is 25.2 Å². The van der Waals surface area contributed by atoms with E-state index in [2.05, 4.69) is 16.7 Å². The minimum Gasteiger partial charge on any atom is -0.360 e. The summed E-state index contributed by atoms with van der Waals surface area (Å²) < 4.78 is 0. The van der Waals surface area contributed by atoms with Gasteiger partial charge in [-0.15, -0.1) is 0 Å². The van der Waals surface area contributed by atoms with Crippen LogP contribution < -0.4 is 10.6 Å². The zero-order valence-corrected chi connectivity index (χ0v) is 17.5. The van der Waals surface area contributed by atoms with Gasteiger partial charge in [0.15, 0.2) is 0 Å². The molecule has 2 rings (SSSR count). The number of hydrogen-bond acceptors (Lipinski definition) is 3.